The van der Waals surface area contributed by atoms with Crippen molar-refractivity contribution < 1.29 is 19.1 Å². The highest BCUT2D eigenvalue weighted by molar-refractivity contribution is 6.05. The maximum absolute atomic E-state index is 12.9. The van der Waals surface area contributed by atoms with Crippen LogP contribution in [0.25, 0.3) is 0 Å². The molecule has 2 fully saturated rings. The zero-order valence-electron chi connectivity index (χ0n) is 15.9. The van der Waals surface area contributed by atoms with Gasteiger partial charge in [-0.25, -0.2) is 0 Å². The molecular weight excluding hydrogens is 360 g/mol. The van der Waals surface area contributed by atoms with Gasteiger partial charge >= 0.3 is 0 Å². The van der Waals surface area contributed by atoms with Crippen LogP contribution in [0.1, 0.15) is 40.7 Å². The number of ether oxygens (including phenoxy) is 1. The monoisotopic (exact) mass is 386 g/mol. The number of hydrogen-bond acceptors (Lipinski definition) is 6. The third kappa shape index (κ3) is 3.80. The van der Waals surface area contributed by atoms with E-state index in [9.17, 15) is 14.4 Å². The Morgan fingerprint density at radius 1 is 1.21 bits per heavy atom. The highest BCUT2D eigenvalue weighted by Gasteiger charge is 2.39. The molecule has 0 saturated carbocycles. The second-order valence-electron chi connectivity index (χ2n) is 7.70. The first-order valence-corrected chi connectivity index (χ1v) is 9.85. The van der Waals surface area contributed by atoms with Gasteiger partial charge in [-0.2, -0.15) is 0 Å². The molecule has 3 amide bonds. The smallest absolute Gasteiger partial charge is 0.255 e. The number of likely N-dealkylation sites (tertiary alicyclic amines) is 1. The Kier molecular flexibility index (Phi) is 5.43. The topological polar surface area (TPSA) is 105 Å². The number of fused-ring (bicyclic) bond motifs is 1. The van der Waals surface area contributed by atoms with Crippen LogP contribution in [0.5, 0.6) is 0 Å². The summed E-state index contributed by atoms with van der Waals surface area (Å²) >= 11 is 0. The lowest BCUT2D eigenvalue weighted by atomic mass is 10.0. The average molecular weight is 386 g/mol. The Bertz CT molecular complexity index is 796. The Balaban J connectivity index is 1.41. The number of imide groups is 1. The van der Waals surface area contributed by atoms with Crippen molar-refractivity contribution in [1.29, 1.82) is 0 Å². The van der Waals surface area contributed by atoms with E-state index in [1.165, 1.54) is 0 Å². The molecule has 2 saturated heterocycles. The van der Waals surface area contributed by atoms with Gasteiger partial charge in [0.2, 0.25) is 11.8 Å². The predicted molar refractivity (Wildman–Crippen MR) is 101 cm³/mol. The number of hydrogen-bond donors (Lipinski definition) is 2. The zero-order valence-corrected chi connectivity index (χ0v) is 15.9. The molecular formula is C20H26N4O4. The fraction of sp³-hybridized carbons (Fsp3) is 0.550. The molecule has 3 heterocycles. The SMILES string of the molecule is NCCOC1CCN(Cc2ccc3c(c2)C(=O)N(C2CCC(=O)NC2=O)C3)C1. The van der Waals surface area contributed by atoms with Crippen molar-refractivity contribution in [2.75, 3.05) is 26.2 Å². The second kappa shape index (κ2) is 7.98. The molecule has 2 atom stereocenters. The summed E-state index contributed by atoms with van der Waals surface area (Å²) in [7, 11) is 0. The molecule has 0 aromatic heterocycles. The van der Waals surface area contributed by atoms with E-state index in [4.69, 9.17) is 10.5 Å². The normalized spacial score (nSPS) is 25.3. The van der Waals surface area contributed by atoms with Crippen LogP contribution in [0, 0.1) is 0 Å². The van der Waals surface area contributed by atoms with Crippen LogP contribution >= 0.6 is 0 Å². The van der Waals surface area contributed by atoms with Gasteiger partial charge in [0.1, 0.15) is 6.04 Å². The lowest BCUT2D eigenvalue weighted by Crippen LogP contribution is -2.52. The summed E-state index contributed by atoms with van der Waals surface area (Å²) in [6.45, 7) is 4.13. The van der Waals surface area contributed by atoms with Crippen molar-refractivity contribution in [2.45, 2.75) is 44.5 Å². The fourth-order valence-corrected chi connectivity index (χ4v) is 4.27. The van der Waals surface area contributed by atoms with Gasteiger partial charge in [-0.05, 0) is 30.0 Å². The van der Waals surface area contributed by atoms with E-state index in [0.29, 0.717) is 31.7 Å². The average Bonchev–Trinajstić information content (AvgIpc) is 3.25. The van der Waals surface area contributed by atoms with Gasteiger partial charge in [-0.3, -0.25) is 24.6 Å². The van der Waals surface area contributed by atoms with Crippen molar-refractivity contribution in [3.63, 3.8) is 0 Å². The van der Waals surface area contributed by atoms with E-state index in [1.54, 1.807) is 4.90 Å². The summed E-state index contributed by atoms with van der Waals surface area (Å²) in [5, 5.41) is 2.33. The maximum Gasteiger partial charge on any atom is 0.255 e. The molecule has 4 rings (SSSR count). The number of piperidine rings is 1. The largest absolute Gasteiger partial charge is 0.376 e. The molecule has 8 heteroatoms. The van der Waals surface area contributed by atoms with E-state index in [0.717, 1.165) is 37.2 Å². The number of nitrogens with zero attached hydrogens (tertiary/aromatic N) is 2. The number of nitrogens with two attached hydrogens (primary N) is 1. The van der Waals surface area contributed by atoms with Gasteiger partial charge in [0.15, 0.2) is 0 Å². The molecule has 1 aromatic rings. The summed E-state index contributed by atoms with van der Waals surface area (Å²) in [4.78, 5) is 40.3. The first-order chi connectivity index (χ1) is 13.5. The zero-order chi connectivity index (χ0) is 19.7. The number of carbonyl (C=O) groups excluding carboxylic acids is 3. The Labute approximate surface area is 164 Å². The molecule has 3 aliphatic rings. The summed E-state index contributed by atoms with van der Waals surface area (Å²) < 4.78 is 5.72. The molecule has 150 valence electrons. The standard InChI is InChI=1S/C20H26N4O4/c21-6-8-28-15-5-7-23(12-15)10-13-1-2-14-11-24(20(27)16(14)9-13)17-3-4-18(25)22-19(17)26/h1-2,9,15,17H,3-8,10-12,21H2,(H,22,25,26). The van der Waals surface area contributed by atoms with Gasteiger partial charge < -0.3 is 15.4 Å². The van der Waals surface area contributed by atoms with E-state index >= 15 is 0 Å². The van der Waals surface area contributed by atoms with Gasteiger partial charge in [0, 0.05) is 44.7 Å². The highest BCUT2D eigenvalue weighted by atomic mass is 16.5. The van der Waals surface area contributed by atoms with Crippen molar-refractivity contribution in [3.05, 3.63) is 34.9 Å². The third-order valence-corrected chi connectivity index (χ3v) is 5.70. The van der Waals surface area contributed by atoms with E-state index in [-0.39, 0.29) is 30.2 Å². The van der Waals surface area contributed by atoms with E-state index in [2.05, 4.69) is 10.2 Å². The number of amides is 3. The third-order valence-electron chi connectivity index (χ3n) is 5.70. The second-order valence-corrected chi connectivity index (χ2v) is 7.70. The van der Waals surface area contributed by atoms with Crippen LogP contribution in [0.4, 0.5) is 0 Å². The number of carbonyl (C=O) groups is 3. The Morgan fingerprint density at radius 2 is 2.07 bits per heavy atom. The fourth-order valence-electron chi connectivity index (χ4n) is 4.27. The van der Waals surface area contributed by atoms with Gasteiger partial charge in [0.05, 0.1) is 12.7 Å². The highest BCUT2D eigenvalue weighted by Crippen LogP contribution is 2.29. The number of rotatable bonds is 6. The van der Waals surface area contributed by atoms with E-state index in [1.807, 2.05) is 18.2 Å². The van der Waals surface area contributed by atoms with Crippen LogP contribution < -0.4 is 11.1 Å². The minimum absolute atomic E-state index is 0.128. The van der Waals surface area contributed by atoms with Crippen LogP contribution in [0.3, 0.4) is 0 Å². The molecule has 8 nitrogen and oxygen atoms in total. The lowest BCUT2D eigenvalue weighted by Gasteiger charge is -2.29. The molecule has 28 heavy (non-hydrogen) atoms. The van der Waals surface area contributed by atoms with Crippen molar-refractivity contribution in [3.8, 4) is 0 Å². The molecule has 0 aliphatic carbocycles. The maximum atomic E-state index is 12.9. The molecule has 0 radical (unpaired) electrons. The molecule has 3 N–H and O–H groups in total. The quantitative estimate of drug-likeness (QED) is 0.667. The molecule has 1 aromatic carbocycles. The summed E-state index contributed by atoms with van der Waals surface area (Å²) in [6.07, 6.45) is 1.87. The molecule has 2 unspecified atom stereocenters. The molecule has 0 spiro atoms. The summed E-state index contributed by atoms with van der Waals surface area (Å²) in [5.74, 6) is -0.776. The number of nitrogens with one attached hydrogen (secondary N) is 1. The molecule has 0 bridgehead atoms. The van der Waals surface area contributed by atoms with Crippen LogP contribution in [-0.4, -0.2) is 65.9 Å². The first-order valence-electron chi connectivity index (χ1n) is 9.85. The van der Waals surface area contributed by atoms with Gasteiger partial charge in [-0.1, -0.05) is 12.1 Å². The lowest BCUT2D eigenvalue weighted by molar-refractivity contribution is -0.136. The van der Waals surface area contributed by atoms with Crippen molar-refractivity contribution in [2.24, 2.45) is 5.73 Å². The Morgan fingerprint density at radius 3 is 2.86 bits per heavy atom. The van der Waals surface area contributed by atoms with Gasteiger partial charge in [0.25, 0.3) is 5.91 Å². The van der Waals surface area contributed by atoms with Crippen molar-refractivity contribution in [1.82, 2.24) is 15.1 Å². The molecule has 3 aliphatic heterocycles. The van der Waals surface area contributed by atoms with Gasteiger partial charge in [-0.15, -0.1) is 0 Å². The summed E-state index contributed by atoms with van der Waals surface area (Å²) in [5.41, 5.74) is 8.17. The van der Waals surface area contributed by atoms with E-state index < -0.39 is 6.04 Å². The Hall–Kier alpha value is -2.29. The van der Waals surface area contributed by atoms with Crippen LogP contribution in [-0.2, 0) is 27.4 Å². The van der Waals surface area contributed by atoms with Crippen molar-refractivity contribution >= 4 is 17.7 Å². The minimum atomic E-state index is -0.569. The summed E-state index contributed by atoms with van der Waals surface area (Å²) in [6, 6.07) is 5.40. The van der Waals surface area contributed by atoms with Crippen LogP contribution in [0.2, 0.25) is 0 Å². The first kappa shape index (κ1) is 19.0. The number of benzene rings is 1. The van der Waals surface area contributed by atoms with Crippen LogP contribution in [0.15, 0.2) is 18.2 Å². The minimum Gasteiger partial charge on any atom is -0.376 e. The predicted octanol–water partition coefficient (Wildman–Crippen LogP) is -0.00280.